The number of nitrogens with two attached hydrogens (primary N) is 1. The van der Waals surface area contributed by atoms with Crippen molar-refractivity contribution in [1.29, 1.82) is 0 Å². The van der Waals surface area contributed by atoms with E-state index in [4.69, 9.17) is 5.73 Å². The summed E-state index contributed by atoms with van der Waals surface area (Å²) < 4.78 is 0. The number of carbonyl (C=O) groups excluding carboxylic acids is 1. The number of carbonyl (C=O) groups is 1. The Morgan fingerprint density at radius 3 is 2.65 bits per heavy atom. The van der Waals surface area contributed by atoms with Crippen molar-refractivity contribution in [2.24, 2.45) is 17.1 Å². The number of hydrogen-bond donors (Lipinski definition) is 1. The summed E-state index contributed by atoms with van der Waals surface area (Å²) in [5, 5.41) is 0. The summed E-state index contributed by atoms with van der Waals surface area (Å²) in [4.78, 5) is 17.7. The van der Waals surface area contributed by atoms with Gasteiger partial charge in [0.1, 0.15) is 0 Å². The molecule has 1 saturated carbocycles. The molecule has 3 aliphatic rings. The Morgan fingerprint density at radius 1 is 1.20 bits per heavy atom. The number of nitrogens with zero attached hydrogens (tertiary/aromatic N) is 2. The molecule has 2 saturated heterocycles. The van der Waals surface area contributed by atoms with Crippen molar-refractivity contribution in [3.8, 4) is 0 Å². The average molecular weight is 279 g/mol. The van der Waals surface area contributed by atoms with E-state index in [2.05, 4.69) is 16.7 Å². The Hall–Kier alpha value is -0.610. The predicted molar refractivity (Wildman–Crippen MR) is 80.3 cm³/mol. The van der Waals surface area contributed by atoms with Crippen molar-refractivity contribution >= 4 is 5.91 Å². The lowest BCUT2D eigenvalue weighted by Gasteiger charge is -2.44. The molecule has 20 heavy (non-hydrogen) atoms. The first-order valence-electron chi connectivity index (χ1n) is 8.38. The van der Waals surface area contributed by atoms with Gasteiger partial charge in [0.05, 0.1) is 5.41 Å². The molecule has 0 spiro atoms. The second-order valence-corrected chi connectivity index (χ2v) is 7.25. The zero-order valence-electron chi connectivity index (χ0n) is 12.8. The minimum Gasteiger partial charge on any atom is -0.339 e. The number of rotatable bonds is 2. The fraction of sp³-hybridized carbons (Fsp3) is 0.938. The first kappa shape index (κ1) is 14.3. The van der Waals surface area contributed by atoms with Crippen LogP contribution < -0.4 is 5.73 Å². The summed E-state index contributed by atoms with van der Waals surface area (Å²) in [6.07, 6.45) is 6.87. The van der Waals surface area contributed by atoms with Crippen LogP contribution in [0.1, 0.15) is 45.4 Å². The Kier molecular flexibility index (Phi) is 4.04. The Bertz CT molecular complexity index is 363. The van der Waals surface area contributed by atoms with Crippen LogP contribution >= 0.6 is 0 Å². The maximum Gasteiger partial charge on any atom is 0.230 e. The number of piperazine rings is 1. The van der Waals surface area contributed by atoms with Crippen LogP contribution in [0, 0.1) is 11.3 Å². The van der Waals surface area contributed by atoms with Crippen LogP contribution in [-0.2, 0) is 4.79 Å². The van der Waals surface area contributed by atoms with Gasteiger partial charge in [-0.15, -0.1) is 0 Å². The maximum absolute atomic E-state index is 13.0. The van der Waals surface area contributed by atoms with Crippen LogP contribution in [0.15, 0.2) is 0 Å². The van der Waals surface area contributed by atoms with Crippen molar-refractivity contribution in [1.82, 2.24) is 9.80 Å². The molecule has 2 aliphatic heterocycles. The lowest BCUT2D eigenvalue weighted by molar-refractivity contribution is -0.146. The number of hydrogen-bond acceptors (Lipinski definition) is 3. The molecule has 3 fully saturated rings. The molecular formula is C16H29N3O. The topological polar surface area (TPSA) is 49.6 Å². The van der Waals surface area contributed by atoms with Crippen molar-refractivity contribution < 1.29 is 4.79 Å². The van der Waals surface area contributed by atoms with E-state index in [0.29, 0.717) is 18.5 Å². The van der Waals surface area contributed by atoms with Crippen LogP contribution in [0.25, 0.3) is 0 Å². The SMILES string of the molecule is CC1CCC(CN)(C(=O)N2CCN3CCCC3C2)CC1. The smallest absolute Gasteiger partial charge is 0.230 e. The standard InChI is InChI=1S/C16H29N3O/c1-13-4-6-16(12-17,7-5-13)15(20)19-10-9-18-8-2-3-14(18)11-19/h13-14H,2-12,17H2,1H3. The second-order valence-electron chi connectivity index (χ2n) is 7.25. The maximum atomic E-state index is 13.0. The first-order chi connectivity index (χ1) is 9.64. The van der Waals surface area contributed by atoms with Gasteiger partial charge in [-0.05, 0) is 51.0 Å². The number of fused-ring (bicyclic) bond motifs is 1. The van der Waals surface area contributed by atoms with E-state index in [9.17, 15) is 4.79 Å². The summed E-state index contributed by atoms with van der Waals surface area (Å²) in [5.41, 5.74) is 5.80. The highest BCUT2D eigenvalue weighted by molar-refractivity contribution is 5.83. The monoisotopic (exact) mass is 279 g/mol. The fourth-order valence-electron chi connectivity index (χ4n) is 4.33. The molecule has 0 bridgehead atoms. The van der Waals surface area contributed by atoms with E-state index < -0.39 is 0 Å². The Balaban J connectivity index is 1.67. The molecule has 0 aromatic carbocycles. The minimum atomic E-state index is -0.243. The highest BCUT2D eigenvalue weighted by Crippen LogP contribution is 2.40. The van der Waals surface area contributed by atoms with Crippen LogP contribution in [0.3, 0.4) is 0 Å². The fourth-order valence-corrected chi connectivity index (χ4v) is 4.33. The molecule has 1 unspecified atom stereocenters. The van der Waals surface area contributed by atoms with E-state index in [1.54, 1.807) is 0 Å². The molecule has 4 nitrogen and oxygen atoms in total. The molecular weight excluding hydrogens is 250 g/mol. The summed E-state index contributed by atoms with van der Waals surface area (Å²) >= 11 is 0. The van der Waals surface area contributed by atoms with Gasteiger partial charge in [0.25, 0.3) is 0 Å². The minimum absolute atomic E-state index is 0.243. The summed E-state index contributed by atoms with van der Waals surface area (Å²) in [7, 11) is 0. The molecule has 2 N–H and O–H groups in total. The molecule has 0 aromatic heterocycles. The quantitative estimate of drug-likeness (QED) is 0.832. The molecule has 3 rings (SSSR count). The van der Waals surface area contributed by atoms with Crippen molar-refractivity contribution in [3.63, 3.8) is 0 Å². The average Bonchev–Trinajstić information content (AvgIpc) is 2.95. The Morgan fingerprint density at radius 2 is 1.95 bits per heavy atom. The molecule has 1 atom stereocenters. The molecule has 1 amide bonds. The molecule has 114 valence electrons. The van der Waals surface area contributed by atoms with Gasteiger partial charge >= 0.3 is 0 Å². The zero-order valence-corrected chi connectivity index (χ0v) is 12.8. The van der Waals surface area contributed by atoms with Gasteiger partial charge in [0, 0.05) is 32.2 Å². The van der Waals surface area contributed by atoms with Crippen molar-refractivity contribution in [2.45, 2.75) is 51.5 Å². The normalized spacial score (nSPS) is 38.8. The molecule has 1 aliphatic carbocycles. The van der Waals surface area contributed by atoms with E-state index in [1.165, 1.54) is 19.4 Å². The van der Waals surface area contributed by atoms with Crippen LogP contribution in [0.2, 0.25) is 0 Å². The molecule has 2 heterocycles. The lowest BCUT2D eigenvalue weighted by atomic mass is 9.70. The molecule has 0 radical (unpaired) electrons. The second kappa shape index (κ2) is 5.64. The van der Waals surface area contributed by atoms with Crippen molar-refractivity contribution in [2.75, 3.05) is 32.7 Å². The van der Waals surface area contributed by atoms with Gasteiger partial charge in [0.15, 0.2) is 0 Å². The van der Waals surface area contributed by atoms with Gasteiger partial charge in [-0.2, -0.15) is 0 Å². The zero-order chi connectivity index (χ0) is 14.2. The third-order valence-electron chi connectivity index (χ3n) is 5.95. The third kappa shape index (κ3) is 2.48. The van der Waals surface area contributed by atoms with Gasteiger partial charge in [0.2, 0.25) is 5.91 Å². The van der Waals surface area contributed by atoms with Crippen molar-refractivity contribution in [3.05, 3.63) is 0 Å². The summed E-state index contributed by atoms with van der Waals surface area (Å²) in [6, 6.07) is 0.616. The largest absolute Gasteiger partial charge is 0.339 e. The summed E-state index contributed by atoms with van der Waals surface area (Å²) in [5.74, 6) is 1.12. The molecule has 4 heteroatoms. The van der Waals surface area contributed by atoms with Crippen LogP contribution in [0.4, 0.5) is 0 Å². The predicted octanol–water partition coefficient (Wildman–Crippen LogP) is 1.45. The van der Waals surface area contributed by atoms with E-state index >= 15 is 0 Å². The van der Waals surface area contributed by atoms with Gasteiger partial charge in [-0.25, -0.2) is 0 Å². The lowest BCUT2D eigenvalue weighted by Crippen LogP contribution is -2.57. The van der Waals surface area contributed by atoms with E-state index in [-0.39, 0.29) is 5.41 Å². The molecule has 0 aromatic rings. The third-order valence-corrected chi connectivity index (χ3v) is 5.95. The first-order valence-corrected chi connectivity index (χ1v) is 8.38. The van der Waals surface area contributed by atoms with Gasteiger partial charge < -0.3 is 10.6 Å². The van der Waals surface area contributed by atoms with E-state index in [0.717, 1.165) is 51.2 Å². The number of amides is 1. The highest BCUT2D eigenvalue weighted by Gasteiger charge is 2.44. The Labute approximate surface area is 122 Å². The summed E-state index contributed by atoms with van der Waals surface area (Å²) in [6.45, 7) is 6.97. The van der Waals surface area contributed by atoms with Crippen LogP contribution in [0.5, 0.6) is 0 Å². The highest BCUT2D eigenvalue weighted by atomic mass is 16.2. The van der Waals surface area contributed by atoms with Gasteiger partial charge in [-0.3, -0.25) is 9.69 Å². The van der Waals surface area contributed by atoms with Crippen LogP contribution in [-0.4, -0.2) is 54.5 Å². The van der Waals surface area contributed by atoms with E-state index in [1.807, 2.05) is 0 Å². The van der Waals surface area contributed by atoms with Gasteiger partial charge in [-0.1, -0.05) is 6.92 Å².